The van der Waals surface area contributed by atoms with Gasteiger partial charge in [-0.05, 0) is 11.6 Å². The molecule has 0 amide bonds. The van der Waals surface area contributed by atoms with E-state index in [1.807, 2.05) is 55.6 Å². The third-order valence-electron chi connectivity index (χ3n) is 2.20. The summed E-state index contributed by atoms with van der Waals surface area (Å²) in [5.41, 5.74) is 3.09. The minimum Gasteiger partial charge on any atom is -0.388 e. The van der Waals surface area contributed by atoms with Gasteiger partial charge in [0.2, 0.25) is 0 Å². The summed E-state index contributed by atoms with van der Waals surface area (Å²) in [5, 5.41) is 3.14. The summed E-state index contributed by atoms with van der Waals surface area (Å²) in [4.78, 5) is 0. The third kappa shape index (κ3) is 1.62. The van der Waals surface area contributed by atoms with E-state index in [-0.39, 0.29) is 0 Å². The minimum absolute atomic E-state index is 0.556. The molecular formula is C13H13N. The number of hydrogen-bond donors (Lipinski definition) is 1. The molecule has 0 aliphatic rings. The summed E-state index contributed by atoms with van der Waals surface area (Å²) < 4.78 is 7.85. The van der Waals surface area contributed by atoms with Crippen LogP contribution in [-0.2, 0) is 0 Å². The quantitative estimate of drug-likeness (QED) is 0.754. The molecule has 2 aromatic carbocycles. The van der Waals surface area contributed by atoms with E-state index in [1.165, 1.54) is 0 Å². The molecule has 0 bridgehead atoms. The lowest BCUT2D eigenvalue weighted by atomic mass is 10.0. The first kappa shape index (κ1) is 7.63. The van der Waals surface area contributed by atoms with E-state index in [9.17, 15) is 0 Å². The predicted octanol–water partition coefficient (Wildman–Crippen LogP) is 3.40. The zero-order valence-corrected chi connectivity index (χ0v) is 8.12. The molecule has 2 aromatic rings. The molecule has 0 atom stereocenters. The summed E-state index contributed by atoms with van der Waals surface area (Å²) in [5.74, 6) is 0. The van der Waals surface area contributed by atoms with Crippen molar-refractivity contribution in [2.24, 2.45) is 0 Å². The van der Waals surface area contributed by atoms with Crippen molar-refractivity contribution < 1.29 is 1.37 Å². The van der Waals surface area contributed by atoms with Gasteiger partial charge in [-0.1, -0.05) is 48.5 Å². The fourth-order valence-corrected chi connectivity index (χ4v) is 1.50. The van der Waals surface area contributed by atoms with Gasteiger partial charge in [0.15, 0.2) is 0 Å². The van der Waals surface area contributed by atoms with Gasteiger partial charge in [0.25, 0.3) is 0 Å². The monoisotopic (exact) mass is 184 g/mol. The number of benzene rings is 2. The highest BCUT2D eigenvalue weighted by atomic mass is 14.8. The Kier molecular flexibility index (Phi) is 2.16. The second kappa shape index (κ2) is 3.97. The molecule has 0 saturated carbocycles. The molecule has 70 valence electrons. The Labute approximate surface area is 85.8 Å². The van der Waals surface area contributed by atoms with Crippen LogP contribution in [0, 0.1) is 0 Å². The maximum atomic E-state index is 7.85. The first-order chi connectivity index (χ1) is 7.33. The van der Waals surface area contributed by atoms with Crippen molar-refractivity contribution in [3.8, 4) is 11.1 Å². The van der Waals surface area contributed by atoms with Gasteiger partial charge in [0, 0.05) is 18.3 Å². The molecule has 0 spiro atoms. The number of hydrogen-bond acceptors (Lipinski definition) is 1. The molecule has 0 aliphatic carbocycles. The van der Waals surface area contributed by atoms with Crippen molar-refractivity contribution in [2.75, 3.05) is 12.4 Å². The smallest absolute Gasteiger partial charge is 0.0629 e. The van der Waals surface area contributed by atoms with Crippen LogP contribution < -0.4 is 5.32 Å². The molecule has 0 saturated heterocycles. The fourth-order valence-electron chi connectivity index (χ4n) is 1.50. The zero-order chi connectivity index (χ0) is 10.7. The lowest BCUT2D eigenvalue weighted by Crippen LogP contribution is -1.90. The number of nitrogens with one attached hydrogen (secondary N) is 1. The summed E-state index contributed by atoms with van der Waals surface area (Å²) in [6.07, 6.45) is 0. The zero-order valence-electron chi connectivity index (χ0n) is 9.12. The Morgan fingerprint density at radius 2 is 1.79 bits per heavy atom. The van der Waals surface area contributed by atoms with Crippen molar-refractivity contribution in [3.63, 3.8) is 0 Å². The van der Waals surface area contributed by atoms with E-state index < -0.39 is 0 Å². The molecule has 1 heteroatoms. The molecular weight excluding hydrogens is 170 g/mol. The summed E-state index contributed by atoms with van der Waals surface area (Å²) >= 11 is 0. The highest BCUT2D eigenvalue weighted by molar-refractivity contribution is 5.77. The van der Waals surface area contributed by atoms with Crippen molar-refractivity contribution in [1.82, 2.24) is 0 Å². The SMILES string of the molecule is [2H]c1ccccc1-c1ccccc1NC. The summed E-state index contributed by atoms with van der Waals surface area (Å²) in [6.45, 7) is 0. The van der Waals surface area contributed by atoms with Crippen LogP contribution in [-0.4, -0.2) is 7.05 Å². The highest BCUT2D eigenvalue weighted by Gasteiger charge is 2.00. The van der Waals surface area contributed by atoms with Crippen LogP contribution in [0.2, 0.25) is 0 Å². The maximum absolute atomic E-state index is 7.85. The van der Waals surface area contributed by atoms with Gasteiger partial charge in [-0.25, -0.2) is 0 Å². The van der Waals surface area contributed by atoms with Gasteiger partial charge in [0.1, 0.15) is 0 Å². The van der Waals surface area contributed by atoms with Crippen LogP contribution in [0.5, 0.6) is 0 Å². The molecule has 1 nitrogen and oxygen atoms in total. The molecule has 1 N–H and O–H groups in total. The molecule has 14 heavy (non-hydrogen) atoms. The van der Waals surface area contributed by atoms with Crippen LogP contribution in [0.25, 0.3) is 11.1 Å². The normalized spacial score (nSPS) is 10.8. The van der Waals surface area contributed by atoms with E-state index in [4.69, 9.17) is 1.37 Å². The van der Waals surface area contributed by atoms with Crippen molar-refractivity contribution in [1.29, 1.82) is 0 Å². The van der Waals surface area contributed by atoms with Crippen molar-refractivity contribution in [2.45, 2.75) is 0 Å². The molecule has 0 aliphatic heterocycles. The second-order valence-electron chi connectivity index (χ2n) is 3.07. The molecule has 0 fully saturated rings. The van der Waals surface area contributed by atoms with Crippen LogP contribution in [0.15, 0.2) is 54.6 Å². The average Bonchev–Trinajstić information content (AvgIpc) is 2.30. The highest BCUT2D eigenvalue weighted by Crippen LogP contribution is 2.26. The largest absolute Gasteiger partial charge is 0.388 e. The van der Waals surface area contributed by atoms with E-state index >= 15 is 0 Å². The van der Waals surface area contributed by atoms with Gasteiger partial charge in [0.05, 0.1) is 1.37 Å². The predicted molar refractivity (Wildman–Crippen MR) is 61.4 cm³/mol. The van der Waals surface area contributed by atoms with Gasteiger partial charge in [-0.2, -0.15) is 0 Å². The molecule has 2 rings (SSSR count). The van der Waals surface area contributed by atoms with Gasteiger partial charge >= 0.3 is 0 Å². The lowest BCUT2D eigenvalue weighted by Gasteiger charge is -2.08. The Morgan fingerprint density at radius 1 is 1.00 bits per heavy atom. The van der Waals surface area contributed by atoms with Crippen molar-refractivity contribution >= 4 is 5.69 Å². The maximum Gasteiger partial charge on any atom is 0.0629 e. The Hall–Kier alpha value is -1.76. The van der Waals surface area contributed by atoms with Gasteiger partial charge in [-0.3, -0.25) is 0 Å². The average molecular weight is 184 g/mol. The third-order valence-corrected chi connectivity index (χ3v) is 2.20. The Morgan fingerprint density at radius 3 is 2.57 bits per heavy atom. The van der Waals surface area contributed by atoms with Crippen LogP contribution in [0.1, 0.15) is 1.37 Å². The summed E-state index contributed by atoms with van der Waals surface area (Å²) in [7, 11) is 1.89. The number of para-hydroxylation sites is 1. The van der Waals surface area contributed by atoms with Gasteiger partial charge in [-0.15, -0.1) is 0 Å². The summed E-state index contributed by atoms with van der Waals surface area (Å²) in [6, 6.07) is 16.2. The molecule has 0 aromatic heterocycles. The van der Waals surface area contributed by atoms with E-state index in [0.29, 0.717) is 6.04 Å². The molecule has 0 heterocycles. The molecule has 0 unspecified atom stereocenters. The van der Waals surface area contributed by atoms with E-state index in [2.05, 4.69) is 5.32 Å². The van der Waals surface area contributed by atoms with E-state index in [0.717, 1.165) is 16.8 Å². The first-order valence-electron chi connectivity index (χ1n) is 5.15. The van der Waals surface area contributed by atoms with E-state index in [1.54, 1.807) is 0 Å². The Bertz CT molecular complexity index is 466. The standard InChI is InChI=1S/C13H13N/c1-14-13-10-6-5-9-12(13)11-7-3-2-4-8-11/h2-10,14H,1H3/i7D. The fraction of sp³-hybridized carbons (Fsp3) is 0.0769. The minimum atomic E-state index is 0.556. The van der Waals surface area contributed by atoms with Crippen LogP contribution in [0.4, 0.5) is 5.69 Å². The number of anilines is 1. The number of rotatable bonds is 2. The van der Waals surface area contributed by atoms with Crippen molar-refractivity contribution in [3.05, 3.63) is 54.6 Å². The lowest BCUT2D eigenvalue weighted by molar-refractivity contribution is 1.50. The molecule has 0 radical (unpaired) electrons. The first-order valence-corrected chi connectivity index (χ1v) is 4.65. The van der Waals surface area contributed by atoms with Crippen LogP contribution in [0.3, 0.4) is 0 Å². The Balaban J connectivity index is 2.59. The topological polar surface area (TPSA) is 12.0 Å². The van der Waals surface area contributed by atoms with Gasteiger partial charge < -0.3 is 5.32 Å². The van der Waals surface area contributed by atoms with Crippen LogP contribution >= 0.6 is 0 Å². The second-order valence-corrected chi connectivity index (χ2v) is 3.07.